The maximum atomic E-state index is 12.5. The molecule has 1 aromatic carbocycles. The molecular weight excluding hydrogens is 428 g/mol. The Balaban J connectivity index is 2.03. The van der Waals surface area contributed by atoms with E-state index in [0.717, 1.165) is 0 Å². The zero-order chi connectivity index (χ0) is 24.2. The minimum atomic E-state index is -1.90. The highest BCUT2D eigenvalue weighted by molar-refractivity contribution is 5.90. The summed E-state index contributed by atoms with van der Waals surface area (Å²) in [5.41, 5.74) is -0.172. The zero-order valence-electron chi connectivity index (χ0n) is 17.9. The molecule has 1 saturated heterocycles. The van der Waals surface area contributed by atoms with E-state index in [1.165, 1.54) is 12.1 Å². The molecular formula is C21H28O11. The molecule has 0 saturated carbocycles. The van der Waals surface area contributed by atoms with Gasteiger partial charge in [-0.15, -0.1) is 0 Å². The fourth-order valence-corrected chi connectivity index (χ4v) is 3.01. The largest absolute Gasteiger partial charge is 0.493 e. The maximum absolute atomic E-state index is 12.5. The Kier molecular flexibility index (Phi) is 8.18. The molecule has 0 bridgehead atoms. The molecule has 0 aromatic heterocycles. The molecule has 0 aliphatic carbocycles. The molecule has 1 heterocycles. The minimum Gasteiger partial charge on any atom is -0.493 e. The third kappa shape index (κ3) is 5.94. The summed E-state index contributed by atoms with van der Waals surface area (Å²) in [6.07, 6.45) is -8.50. The van der Waals surface area contributed by atoms with E-state index < -0.39 is 54.0 Å². The molecule has 1 aliphatic heterocycles. The molecule has 11 nitrogen and oxygen atoms in total. The van der Waals surface area contributed by atoms with Crippen molar-refractivity contribution in [3.05, 3.63) is 29.3 Å². The van der Waals surface area contributed by atoms with Gasteiger partial charge in [-0.05, 0) is 51.3 Å². The summed E-state index contributed by atoms with van der Waals surface area (Å²) < 4.78 is 15.6. The van der Waals surface area contributed by atoms with Gasteiger partial charge in [-0.2, -0.15) is 0 Å². The quantitative estimate of drug-likeness (QED) is 0.255. The standard InChI is InChI=1S/C21H28O11/c1-10-5-6-11(9-12(10)30-8-4-7-21(2,3)20(28)29)18(27)32-19-15(24)13(22)14(23)16(31-19)17(25)26/h5-6,9,13-16,19,22-24H,4,7-8H2,1-3H3,(H,25,26)(H,28,29)/t13-,14-,15+,16-,19-/m0/s1. The summed E-state index contributed by atoms with van der Waals surface area (Å²) in [4.78, 5) is 34.8. The van der Waals surface area contributed by atoms with Gasteiger partial charge in [0.25, 0.3) is 0 Å². The second-order valence-electron chi connectivity index (χ2n) is 8.26. The van der Waals surface area contributed by atoms with Crippen LogP contribution in [0.1, 0.15) is 42.6 Å². The van der Waals surface area contributed by atoms with Gasteiger partial charge >= 0.3 is 17.9 Å². The van der Waals surface area contributed by atoms with Crippen molar-refractivity contribution in [3.63, 3.8) is 0 Å². The van der Waals surface area contributed by atoms with Crippen molar-refractivity contribution in [1.29, 1.82) is 0 Å². The number of aliphatic hydroxyl groups excluding tert-OH is 3. The molecule has 1 aliphatic rings. The van der Waals surface area contributed by atoms with Gasteiger partial charge in [0.1, 0.15) is 24.1 Å². The second-order valence-corrected chi connectivity index (χ2v) is 8.26. The average molecular weight is 456 g/mol. The fourth-order valence-electron chi connectivity index (χ4n) is 3.01. The number of aryl methyl sites for hydroxylation is 1. The van der Waals surface area contributed by atoms with Crippen molar-refractivity contribution < 1.29 is 54.1 Å². The fraction of sp³-hybridized carbons (Fsp3) is 0.571. The van der Waals surface area contributed by atoms with E-state index in [2.05, 4.69) is 0 Å². The topological polar surface area (TPSA) is 180 Å². The van der Waals surface area contributed by atoms with Crippen LogP contribution >= 0.6 is 0 Å². The van der Waals surface area contributed by atoms with Gasteiger partial charge < -0.3 is 39.7 Å². The Labute approximate surface area is 184 Å². The van der Waals surface area contributed by atoms with Crippen LogP contribution in [0, 0.1) is 12.3 Å². The van der Waals surface area contributed by atoms with Crippen molar-refractivity contribution in [3.8, 4) is 5.75 Å². The number of carbonyl (C=O) groups is 3. The van der Waals surface area contributed by atoms with Crippen molar-refractivity contribution in [2.75, 3.05) is 6.61 Å². The highest BCUT2D eigenvalue weighted by Crippen LogP contribution is 2.26. The lowest BCUT2D eigenvalue weighted by Gasteiger charge is -2.37. The molecule has 1 aromatic rings. The smallest absolute Gasteiger partial charge is 0.340 e. The first-order chi connectivity index (χ1) is 14.8. The SMILES string of the molecule is Cc1ccc(C(=O)O[C@@H]2O[C@H](C(=O)O)[C@@H](O)[C@H](O)[C@H]2O)cc1OCCCC(C)(C)C(=O)O. The molecule has 1 fully saturated rings. The molecule has 178 valence electrons. The van der Waals surface area contributed by atoms with Gasteiger partial charge in [-0.25, -0.2) is 9.59 Å². The van der Waals surface area contributed by atoms with Gasteiger partial charge in [0.05, 0.1) is 17.6 Å². The highest BCUT2D eigenvalue weighted by Gasteiger charge is 2.48. The Hall–Kier alpha value is -2.73. The molecule has 0 spiro atoms. The highest BCUT2D eigenvalue weighted by atomic mass is 16.7. The second kappa shape index (κ2) is 10.3. The summed E-state index contributed by atoms with van der Waals surface area (Å²) in [5, 5.41) is 47.7. The molecule has 5 atom stereocenters. The number of carboxylic acids is 2. The Morgan fingerprint density at radius 2 is 1.72 bits per heavy atom. The number of esters is 1. The van der Waals surface area contributed by atoms with Gasteiger partial charge in [0.2, 0.25) is 6.29 Å². The predicted molar refractivity (Wildman–Crippen MR) is 107 cm³/mol. The lowest BCUT2D eigenvalue weighted by Crippen LogP contribution is -2.60. The normalized spacial score (nSPS) is 25.8. The number of carboxylic acid groups (broad SMARTS) is 2. The Bertz CT molecular complexity index is 850. The van der Waals surface area contributed by atoms with Crippen LogP contribution in [0.5, 0.6) is 5.75 Å². The van der Waals surface area contributed by atoms with Gasteiger partial charge in [0, 0.05) is 0 Å². The van der Waals surface area contributed by atoms with Crippen LogP contribution in [0.4, 0.5) is 0 Å². The lowest BCUT2D eigenvalue weighted by atomic mass is 9.88. The molecule has 0 unspecified atom stereocenters. The van der Waals surface area contributed by atoms with E-state index in [4.69, 9.17) is 24.4 Å². The molecule has 2 rings (SSSR count). The number of hydrogen-bond acceptors (Lipinski definition) is 9. The van der Waals surface area contributed by atoms with Crippen LogP contribution in [-0.4, -0.2) is 80.8 Å². The molecule has 0 radical (unpaired) electrons. The monoisotopic (exact) mass is 456 g/mol. The van der Waals surface area contributed by atoms with Crippen LogP contribution in [-0.2, 0) is 19.1 Å². The number of carbonyl (C=O) groups excluding carboxylic acids is 1. The number of aliphatic hydroxyl groups is 3. The van der Waals surface area contributed by atoms with E-state index >= 15 is 0 Å². The van der Waals surface area contributed by atoms with Gasteiger partial charge in [-0.3, -0.25) is 4.79 Å². The van der Waals surface area contributed by atoms with Gasteiger partial charge in [0.15, 0.2) is 6.10 Å². The van der Waals surface area contributed by atoms with E-state index in [1.54, 1.807) is 26.8 Å². The number of aliphatic carboxylic acids is 2. The lowest BCUT2D eigenvalue weighted by molar-refractivity contribution is -0.278. The van der Waals surface area contributed by atoms with Crippen LogP contribution in [0.3, 0.4) is 0 Å². The first-order valence-corrected chi connectivity index (χ1v) is 9.95. The third-order valence-electron chi connectivity index (χ3n) is 5.24. The zero-order valence-corrected chi connectivity index (χ0v) is 17.9. The van der Waals surface area contributed by atoms with E-state index in [-0.39, 0.29) is 12.2 Å². The van der Waals surface area contributed by atoms with Crippen LogP contribution in [0.2, 0.25) is 0 Å². The number of ether oxygens (including phenoxy) is 3. The third-order valence-corrected chi connectivity index (χ3v) is 5.24. The minimum absolute atomic E-state index is 0.0137. The number of hydrogen-bond donors (Lipinski definition) is 5. The summed E-state index contributed by atoms with van der Waals surface area (Å²) in [5.74, 6) is -3.12. The Morgan fingerprint density at radius 1 is 1.06 bits per heavy atom. The van der Waals surface area contributed by atoms with Crippen molar-refractivity contribution >= 4 is 17.9 Å². The van der Waals surface area contributed by atoms with Crippen LogP contribution in [0.15, 0.2) is 18.2 Å². The first-order valence-electron chi connectivity index (χ1n) is 9.95. The van der Waals surface area contributed by atoms with Gasteiger partial charge in [-0.1, -0.05) is 6.07 Å². The maximum Gasteiger partial charge on any atom is 0.340 e. The molecule has 0 amide bonds. The first kappa shape index (κ1) is 25.5. The summed E-state index contributed by atoms with van der Waals surface area (Å²) in [7, 11) is 0. The van der Waals surface area contributed by atoms with E-state index in [1.807, 2.05) is 0 Å². The number of benzene rings is 1. The van der Waals surface area contributed by atoms with E-state index in [9.17, 15) is 29.7 Å². The summed E-state index contributed by atoms with van der Waals surface area (Å²) in [6.45, 7) is 5.19. The molecule has 32 heavy (non-hydrogen) atoms. The van der Waals surface area contributed by atoms with Crippen LogP contribution < -0.4 is 4.74 Å². The Morgan fingerprint density at radius 3 is 2.31 bits per heavy atom. The predicted octanol–water partition coefficient (Wildman–Crippen LogP) is 0.314. The summed E-state index contributed by atoms with van der Waals surface area (Å²) in [6, 6.07) is 4.40. The average Bonchev–Trinajstić information content (AvgIpc) is 2.72. The molecule has 5 N–H and O–H groups in total. The van der Waals surface area contributed by atoms with Crippen molar-refractivity contribution in [2.24, 2.45) is 5.41 Å². The van der Waals surface area contributed by atoms with Crippen molar-refractivity contribution in [1.82, 2.24) is 0 Å². The summed E-state index contributed by atoms with van der Waals surface area (Å²) >= 11 is 0. The molecule has 11 heteroatoms. The number of rotatable bonds is 9. The van der Waals surface area contributed by atoms with E-state index in [0.29, 0.717) is 24.2 Å². The van der Waals surface area contributed by atoms with Crippen molar-refractivity contribution in [2.45, 2.75) is 64.3 Å². The van der Waals surface area contributed by atoms with Crippen LogP contribution in [0.25, 0.3) is 0 Å².